The molecule has 0 aromatic heterocycles. The first-order valence-corrected chi connectivity index (χ1v) is 12.8. The highest BCUT2D eigenvalue weighted by molar-refractivity contribution is 7.98. The van der Waals surface area contributed by atoms with E-state index in [9.17, 15) is 19.5 Å². The molecule has 32 heavy (non-hydrogen) atoms. The highest BCUT2D eigenvalue weighted by Gasteiger charge is 2.68. The molecule has 3 fully saturated rings. The zero-order valence-electron chi connectivity index (χ0n) is 19.8. The Balaban J connectivity index is 2.02. The minimum Gasteiger partial charge on any atom is -0.445 e. The number of alkyl carbamates (subject to hydrolysis) is 2. The minimum absolute atomic E-state index is 0.0925. The van der Waals surface area contributed by atoms with Gasteiger partial charge in [-0.1, -0.05) is 33.8 Å². The van der Waals surface area contributed by atoms with E-state index in [-0.39, 0.29) is 34.9 Å². The van der Waals surface area contributed by atoms with Gasteiger partial charge in [0.1, 0.15) is 17.8 Å². The van der Waals surface area contributed by atoms with E-state index in [1.807, 2.05) is 6.92 Å². The van der Waals surface area contributed by atoms with E-state index in [1.54, 1.807) is 12.3 Å². The summed E-state index contributed by atoms with van der Waals surface area (Å²) in [5, 5.41) is 13.6. The van der Waals surface area contributed by atoms with Crippen molar-refractivity contribution >= 4 is 29.7 Å². The van der Waals surface area contributed by atoms with Gasteiger partial charge in [0, 0.05) is 23.2 Å². The maximum Gasteiger partial charge on any atom is 0.417 e. The fourth-order valence-electron chi connectivity index (χ4n) is 6.89. The lowest BCUT2D eigenvalue weighted by atomic mass is 9.44. The lowest BCUT2D eigenvalue weighted by Gasteiger charge is -2.61. The summed E-state index contributed by atoms with van der Waals surface area (Å²) in [6.45, 7) is 12.1. The molecule has 3 aliphatic carbocycles. The Bertz CT molecular complexity index is 788. The van der Waals surface area contributed by atoms with Crippen LogP contribution in [0.5, 0.6) is 0 Å². The molecule has 3 aliphatic rings. The number of imide groups is 1. The van der Waals surface area contributed by atoms with E-state index < -0.39 is 35.2 Å². The van der Waals surface area contributed by atoms with Gasteiger partial charge in [-0.25, -0.2) is 14.9 Å². The maximum atomic E-state index is 13.3. The number of Topliss-reactive ketones (excluding diaryl/α,β-unsaturated/α-hetero) is 1. The maximum absolute atomic E-state index is 13.3. The Morgan fingerprint density at radius 2 is 1.97 bits per heavy atom. The van der Waals surface area contributed by atoms with Crippen LogP contribution in [0.1, 0.15) is 59.8 Å². The summed E-state index contributed by atoms with van der Waals surface area (Å²) in [4.78, 5) is 37.9. The van der Waals surface area contributed by atoms with Gasteiger partial charge in [0.05, 0.1) is 6.10 Å². The van der Waals surface area contributed by atoms with Crippen molar-refractivity contribution < 1.29 is 29.0 Å². The number of rotatable bonds is 4. The highest BCUT2D eigenvalue weighted by Crippen LogP contribution is 2.67. The monoisotopic (exact) mass is 467 g/mol. The van der Waals surface area contributed by atoms with Crippen molar-refractivity contribution in [1.82, 2.24) is 5.32 Å². The van der Waals surface area contributed by atoms with Crippen LogP contribution < -0.4 is 5.32 Å². The van der Waals surface area contributed by atoms with Crippen LogP contribution in [-0.2, 0) is 14.3 Å². The molecule has 3 saturated carbocycles. The van der Waals surface area contributed by atoms with E-state index >= 15 is 0 Å². The molecular weight excluding hydrogens is 430 g/mol. The van der Waals surface area contributed by atoms with Crippen molar-refractivity contribution in [3.05, 3.63) is 12.7 Å². The van der Waals surface area contributed by atoms with Crippen LogP contribution in [0.25, 0.3) is 0 Å². The third-order valence-electron chi connectivity index (χ3n) is 9.06. The average Bonchev–Trinajstić information content (AvgIpc) is 3.11. The Morgan fingerprint density at radius 3 is 2.59 bits per heavy atom. The molecular formula is C24H37NO6S. The molecule has 0 heterocycles. The summed E-state index contributed by atoms with van der Waals surface area (Å²) in [6, 6.07) is 0. The van der Waals surface area contributed by atoms with Crippen LogP contribution in [0.2, 0.25) is 0 Å². The van der Waals surface area contributed by atoms with Crippen molar-refractivity contribution in [3.8, 4) is 0 Å². The number of nitrogens with one attached hydrogen (secondary N) is 1. The molecule has 3 rings (SSSR count). The van der Waals surface area contributed by atoms with Crippen molar-refractivity contribution in [2.24, 2.45) is 34.0 Å². The third-order valence-corrected chi connectivity index (χ3v) is 9.42. The standard InChI is InChI=1S/C24H37NO6S/c1-7-22(4)12-17(31-21(29)25-20(28)30-13-32-6)23(5)14(2)8-10-24(15(3)19(22)27)11-9-16(26)18(23)24/h7,14-15,17-19,27H,1,8-13H2,2-6H3,(H,25,28,29)/t14?,15-,17+,18-,19-,22+,23+,24-/m0/s1. The summed E-state index contributed by atoms with van der Waals surface area (Å²) in [5.74, 6) is 0.0350. The molecule has 0 saturated heterocycles. The van der Waals surface area contributed by atoms with E-state index in [0.29, 0.717) is 12.8 Å². The van der Waals surface area contributed by atoms with Gasteiger partial charge in [-0.3, -0.25) is 4.79 Å². The van der Waals surface area contributed by atoms with Gasteiger partial charge in [-0.05, 0) is 49.2 Å². The molecule has 0 aromatic carbocycles. The van der Waals surface area contributed by atoms with Crippen LogP contribution in [0, 0.1) is 34.0 Å². The topological polar surface area (TPSA) is 102 Å². The lowest BCUT2D eigenvalue weighted by Crippen LogP contribution is -2.63. The Hall–Kier alpha value is -1.54. The van der Waals surface area contributed by atoms with E-state index in [2.05, 4.69) is 32.7 Å². The predicted molar refractivity (Wildman–Crippen MR) is 123 cm³/mol. The quantitative estimate of drug-likeness (QED) is 0.462. The fraction of sp³-hybridized carbons (Fsp3) is 0.792. The molecule has 8 heteroatoms. The number of ketones is 1. The predicted octanol–water partition coefficient (Wildman–Crippen LogP) is 4.53. The van der Waals surface area contributed by atoms with E-state index in [1.165, 1.54) is 11.8 Å². The second-order valence-electron chi connectivity index (χ2n) is 10.4. The van der Waals surface area contributed by atoms with Gasteiger partial charge in [-0.15, -0.1) is 18.3 Å². The molecule has 0 radical (unpaired) electrons. The molecule has 2 N–H and O–H groups in total. The zero-order chi connectivity index (χ0) is 23.9. The van der Waals surface area contributed by atoms with E-state index in [0.717, 1.165) is 19.3 Å². The summed E-state index contributed by atoms with van der Waals surface area (Å²) in [5.41, 5.74) is -1.67. The van der Waals surface area contributed by atoms with Crippen molar-refractivity contribution in [2.45, 2.75) is 72.0 Å². The second-order valence-corrected chi connectivity index (χ2v) is 11.3. The highest BCUT2D eigenvalue weighted by atomic mass is 32.2. The first kappa shape index (κ1) is 25.1. The van der Waals surface area contributed by atoms with Crippen LogP contribution in [0.3, 0.4) is 0 Å². The van der Waals surface area contributed by atoms with Gasteiger partial charge >= 0.3 is 12.2 Å². The van der Waals surface area contributed by atoms with Gasteiger partial charge in [0.25, 0.3) is 0 Å². The molecule has 8 atom stereocenters. The number of aliphatic hydroxyl groups excluding tert-OH is 1. The summed E-state index contributed by atoms with van der Waals surface area (Å²) in [7, 11) is 0. The molecule has 2 bridgehead atoms. The summed E-state index contributed by atoms with van der Waals surface area (Å²) in [6.07, 6.45) is 3.63. The van der Waals surface area contributed by atoms with Gasteiger partial charge in [0.15, 0.2) is 0 Å². The lowest BCUT2D eigenvalue weighted by molar-refractivity contribution is -0.191. The van der Waals surface area contributed by atoms with Crippen LogP contribution in [-0.4, -0.2) is 47.5 Å². The van der Waals surface area contributed by atoms with Crippen LogP contribution in [0.4, 0.5) is 9.59 Å². The summed E-state index contributed by atoms with van der Waals surface area (Å²) >= 11 is 1.31. The van der Waals surface area contributed by atoms with Crippen molar-refractivity contribution in [3.63, 3.8) is 0 Å². The Kier molecular flexibility index (Phi) is 7.06. The molecule has 0 spiro atoms. The first-order valence-electron chi connectivity index (χ1n) is 11.4. The van der Waals surface area contributed by atoms with Gasteiger partial charge < -0.3 is 14.6 Å². The third kappa shape index (κ3) is 3.87. The average molecular weight is 468 g/mol. The molecule has 7 nitrogen and oxygen atoms in total. The fourth-order valence-corrected chi connectivity index (χ4v) is 7.12. The SMILES string of the molecule is C=C[C@]1(C)C[C@@H](OC(=O)NC(=O)OCSC)[C@@]2(C)C(C)CC[C@]3(CCC(=O)[C@H]32)[C@@H](C)[C@@H]1O. The largest absolute Gasteiger partial charge is 0.445 e. The number of thioether (sulfide) groups is 1. The zero-order valence-corrected chi connectivity index (χ0v) is 20.6. The van der Waals surface area contributed by atoms with E-state index in [4.69, 9.17) is 9.47 Å². The normalized spacial score (nSPS) is 43.4. The Labute approximate surface area is 195 Å². The number of carbonyl (C=O) groups is 3. The Morgan fingerprint density at radius 1 is 1.28 bits per heavy atom. The number of amides is 2. The number of aliphatic hydroxyl groups is 1. The number of carbonyl (C=O) groups excluding carboxylic acids is 3. The van der Waals surface area contributed by atoms with Gasteiger partial charge in [-0.2, -0.15) is 0 Å². The van der Waals surface area contributed by atoms with Crippen LogP contribution in [0.15, 0.2) is 12.7 Å². The summed E-state index contributed by atoms with van der Waals surface area (Å²) < 4.78 is 10.8. The smallest absolute Gasteiger partial charge is 0.417 e. The van der Waals surface area contributed by atoms with Crippen LogP contribution >= 0.6 is 11.8 Å². The molecule has 2 amide bonds. The second kappa shape index (κ2) is 9.01. The minimum atomic E-state index is -0.898. The molecule has 1 unspecified atom stereocenters. The van der Waals surface area contributed by atoms with Crippen molar-refractivity contribution in [2.75, 3.05) is 12.2 Å². The molecule has 0 aliphatic heterocycles. The molecule has 180 valence electrons. The number of hydrogen-bond donors (Lipinski definition) is 2. The van der Waals surface area contributed by atoms with Crippen molar-refractivity contribution in [1.29, 1.82) is 0 Å². The number of hydrogen-bond acceptors (Lipinski definition) is 7. The first-order chi connectivity index (χ1) is 15.0. The molecule has 0 aromatic rings. The van der Waals surface area contributed by atoms with Gasteiger partial charge in [0.2, 0.25) is 0 Å². The number of ether oxygens (including phenoxy) is 2.